The third kappa shape index (κ3) is 9.85. The lowest BCUT2D eigenvalue weighted by Gasteiger charge is -2.16. The van der Waals surface area contributed by atoms with Crippen molar-refractivity contribution in [3.05, 3.63) is 0 Å². The van der Waals surface area contributed by atoms with Gasteiger partial charge >= 0.3 is 5.97 Å². The average molecular weight is 243 g/mol. The molecule has 0 rings (SSSR count). The third-order valence-corrected chi connectivity index (χ3v) is 2.61. The smallest absolute Gasteiger partial charge is 0.303 e. The van der Waals surface area contributed by atoms with Gasteiger partial charge in [0, 0.05) is 18.9 Å². The number of carboxylic acids is 1. The van der Waals surface area contributed by atoms with Gasteiger partial charge in [0.25, 0.3) is 0 Å². The molecule has 0 spiro atoms. The van der Waals surface area contributed by atoms with Crippen LogP contribution in [0, 0.1) is 11.8 Å². The lowest BCUT2D eigenvalue weighted by Crippen LogP contribution is -2.33. The van der Waals surface area contributed by atoms with Crippen molar-refractivity contribution in [1.29, 1.82) is 0 Å². The molecule has 0 heterocycles. The van der Waals surface area contributed by atoms with Gasteiger partial charge in [-0.2, -0.15) is 0 Å². The summed E-state index contributed by atoms with van der Waals surface area (Å²) in [4.78, 5) is 22.0. The first kappa shape index (κ1) is 15.9. The summed E-state index contributed by atoms with van der Waals surface area (Å²) in [6.07, 6.45) is 2.15. The summed E-state index contributed by atoms with van der Waals surface area (Å²) in [5, 5.41) is 11.4. The van der Waals surface area contributed by atoms with Crippen LogP contribution in [0.25, 0.3) is 0 Å². The summed E-state index contributed by atoms with van der Waals surface area (Å²) in [7, 11) is 0. The standard InChI is InChI=1S/C13H25NO3/c1-9(2)7-10(3)8-12(15)14-11(4)5-6-13(16)17/h9-11H,5-8H2,1-4H3,(H,14,15)(H,16,17). The third-order valence-electron chi connectivity index (χ3n) is 2.61. The zero-order valence-electron chi connectivity index (χ0n) is 11.3. The van der Waals surface area contributed by atoms with Crippen LogP contribution in [-0.4, -0.2) is 23.0 Å². The maximum absolute atomic E-state index is 11.6. The Kier molecular flexibility index (Phi) is 7.59. The van der Waals surface area contributed by atoms with Gasteiger partial charge in [0.2, 0.25) is 5.91 Å². The minimum absolute atomic E-state index is 0.0241. The van der Waals surface area contributed by atoms with Crippen LogP contribution in [0.3, 0.4) is 0 Å². The van der Waals surface area contributed by atoms with E-state index in [2.05, 4.69) is 26.1 Å². The van der Waals surface area contributed by atoms with Gasteiger partial charge in [-0.1, -0.05) is 20.8 Å². The van der Waals surface area contributed by atoms with Gasteiger partial charge in [-0.05, 0) is 31.6 Å². The van der Waals surface area contributed by atoms with E-state index in [1.165, 1.54) is 0 Å². The van der Waals surface area contributed by atoms with E-state index < -0.39 is 5.97 Å². The van der Waals surface area contributed by atoms with Crippen molar-refractivity contribution >= 4 is 11.9 Å². The van der Waals surface area contributed by atoms with Crippen LogP contribution in [0.1, 0.15) is 53.4 Å². The highest BCUT2D eigenvalue weighted by Gasteiger charge is 2.13. The van der Waals surface area contributed by atoms with Crippen molar-refractivity contribution in [1.82, 2.24) is 5.32 Å². The highest BCUT2D eigenvalue weighted by molar-refractivity contribution is 5.76. The minimum atomic E-state index is -0.820. The van der Waals surface area contributed by atoms with Crippen molar-refractivity contribution in [2.45, 2.75) is 59.4 Å². The molecule has 17 heavy (non-hydrogen) atoms. The maximum atomic E-state index is 11.6. The normalized spacial score (nSPS) is 14.4. The van der Waals surface area contributed by atoms with E-state index in [1.54, 1.807) is 0 Å². The first-order chi connectivity index (χ1) is 7.81. The van der Waals surface area contributed by atoms with Crippen LogP contribution in [-0.2, 0) is 9.59 Å². The average Bonchev–Trinajstić information content (AvgIpc) is 2.12. The Morgan fingerprint density at radius 2 is 1.76 bits per heavy atom. The highest BCUT2D eigenvalue weighted by Crippen LogP contribution is 2.14. The zero-order chi connectivity index (χ0) is 13.4. The summed E-state index contributed by atoms with van der Waals surface area (Å²) in [6, 6.07) is -0.0650. The number of amides is 1. The van der Waals surface area contributed by atoms with E-state index >= 15 is 0 Å². The van der Waals surface area contributed by atoms with E-state index in [1.807, 2.05) is 6.92 Å². The molecule has 4 nitrogen and oxygen atoms in total. The molecule has 0 aliphatic carbocycles. The van der Waals surface area contributed by atoms with E-state index in [-0.39, 0.29) is 18.4 Å². The van der Waals surface area contributed by atoms with Gasteiger partial charge in [0.15, 0.2) is 0 Å². The predicted octanol–water partition coefficient (Wildman–Crippen LogP) is 2.43. The number of carbonyl (C=O) groups excluding carboxylic acids is 1. The summed E-state index contributed by atoms with van der Waals surface area (Å²) in [5.41, 5.74) is 0. The SMILES string of the molecule is CC(C)CC(C)CC(=O)NC(C)CCC(=O)O. The maximum Gasteiger partial charge on any atom is 0.303 e. The molecule has 4 heteroatoms. The van der Waals surface area contributed by atoms with Crippen LogP contribution in [0.5, 0.6) is 0 Å². The van der Waals surface area contributed by atoms with E-state index in [0.717, 1.165) is 6.42 Å². The quantitative estimate of drug-likeness (QED) is 0.688. The fourth-order valence-corrected chi connectivity index (χ4v) is 1.95. The molecule has 0 fully saturated rings. The van der Waals surface area contributed by atoms with Crippen molar-refractivity contribution in [3.8, 4) is 0 Å². The predicted molar refractivity (Wildman–Crippen MR) is 67.7 cm³/mol. The Morgan fingerprint density at radius 1 is 1.18 bits per heavy atom. The second-order valence-corrected chi connectivity index (χ2v) is 5.34. The summed E-state index contributed by atoms with van der Waals surface area (Å²) >= 11 is 0. The topological polar surface area (TPSA) is 66.4 Å². The second-order valence-electron chi connectivity index (χ2n) is 5.34. The van der Waals surface area contributed by atoms with E-state index in [4.69, 9.17) is 5.11 Å². The molecular weight excluding hydrogens is 218 g/mol. The molecule has 2 unspecified atom stereocenters. The Labute approximate surface area is 104 Å². The van der Waals surface area contributed by atoms with Gasteiger partial charge in [0.1, 0.15) is 0 Å². The van der Waals surface area contributed by atoms with Gasteiger partial charge < -0.3 is 10.4 Å². The van der Waals surface area contributed by atoms with Gasteiger partial charge in [-0.3, -0.25) is 9.59 Å². The van der Waals surface area contributed by atoms with E-state index in [9.17, 15) is 9.59 Å². The Bertz CT molecular complexity index is 251. The largest absolute Gasteiger partial charge is 0.481 e. The number of hydrogen-bond acceptors (Lipinski definition) is 2. The second kappa shape index (κ2) is 8.09. The molecule has 100 valence electrons. The summed E-state index contributed by atoms with van der Waals surface area (Å²) < 4.78 is 0. The minimum Gasteiger partial charge on any atom is -0.481 e. The first-order valence-electron chi connectivity index (χ1n) is 6.32. The Hall–Kier alpha value is -1.06. The Morgan fingerprint density at radius 3 is 2.24 bits per heavy atom. The van der Waals surface area contributed by atoms with Crippen molar-refractivity contribution in [2.75, 3.05) is 0 Å². The molecule has 0 aliphatic heterocycles. The fourth-order valence-electron chi connectivity index (χ4n) is 1.95. The first-order valence-corrected chi connectivity index (χ1v) is 6.32. The lowest BCUT2D eigenvalue weighted by atomic mass is 9.95. The molecule has 0 aromatic heterocycles. The molecular formula is C13H25NO3. The van der Waals surface area contributed by atoms with Crippen LogP contribution in [0.2, 0.25) is 0 Å². The van der Waals surface area contributed by atoms with Crippen molar-refractivity contribution < 1.29 is 14.7 Å². The molecule has 0 aromatic rings. The number of aliphatic carboxylic acids is 1. The Balaban J connectivity index is 3.80. The molecule has 0 saturated carbocycles. The molecule has 0 bridgehead atoms. The fraction of sp³-hybridized carbons (Fsp3) is 0.846. The van der Waals surface area contributed by atoms with Crippen LogP contribution < -0.4 is 5.32 Å². The number of nitrogens with one attached hydrogen (secondary N) is 1. The van der Waals surface area contributed by atoms with Crippen molar-refractivity contribution in [2.24, 2.45) is 11.8 Å². The monoisotopic (exact) mass is 243 g/mol. The summed E-state index contributed by atoms with van der Waals surface area (Å²) in [6.45, 7) is 8.20. The van der Waals surface area contributed by atoms with Crippen LogP contribution >= 0.6 is 0 Å². The van der Waals surface area contributed by atoms with E-state index in [0.29, 0.717) is 24.7 Å². The number of carboxylic acid groups (broad SMARTS) is 1. The van der Waals surface area contributed by atoms with Crippen LogP contribution in [0.15, 0.2) is 0 Å². The van der Waals surface area contributed by atoms with Gasteiger partial charge in [-0.15, -0.1) is 0 Å². The highest BCUT2D eigenvalue weighted by atomic mass is 16.4. The molecule has 1 amide bonds. The van der Waals surface area contributed by atoms with Gasteiger partial charge in [0.05, 0.1) is 0 Å². The molecule has 0 aromatic carbocycles. The number of rotatable bonds is 8. The van der Waals surface area contributed by atoms with Crippen molar-refractivity contribution in [3.63, 3.8) is 0 Å². The number of carbonyl (C=O) groups is 2. The zero-order valence-corrected chi connectivity index (χ0v) is 11.3. The molecule has 2 N–H and O–H groups in total. The lowest BCUT2D eigenvalue weighted by molar-refractivity contribution is -0.137. The van der Waals surface area contributed by atoms with Crippen LogP contribution in [0.4, 0.5) is 0 Å². The molecule has 2 atom stereocenters. The molecule has 0 aliphatic rings. The number of hydrogen-bond donors (Lipinski definition) is 2. The van der Waals surface area contributed by atoms with Gasteiger partial charge in [-0.25, -0.2) is 0 Å². The molecule has 0 saturated heterocycles. The molecule has 0 radical (unpaired) electrons. The summed E-state index contributed by atoms with van der Waals surface area (Å²) in [5.74, 6) is 0.180.